The Bertz CT molecular complexity index is 1130. The minimum atomic E-state index is -0.390. The number of aromatic nitrogens is 1. The van der Waals surface area contributed by atoms with Crippen molar-refractivity contribution in [3.63, 3.8) is 0 Å². The third-order valence-corrected chi connectivity index (χ3v) is 5.76. The molecule has 2 amide bonds. The number of hydrazone groups is 1. The van der Waals surface area contributed by atoms with Crippen molar-refractivity contribution in [1.29, 1.82) is 0 Å². The highest BCUT2D eigenvalue weighted by atomic mass is 32.1. The molecule has 0 saturated heterocycles. The fourth-order valence-corrected chi connectivity index (χ4v) is 4.29. The van der Waals surface area contributed by atoms with E-state index in [1.807, 2.05) is 51.1 Å². The zero-order chi connectivity index (χ0) is 22.5. The molecule has 0 bridgehead atoms. The summed E-state index contributed by atoms with van der Waals surface area (Å²) < 4.78 is 1.01. The van der Waals surface area contributed by atoms with Crippen LogP contribution in [-0.2, 0) is 9.59 Å². The molecule has 7 nitrogen and oxygen atoms in total. The van der Waals surface area contributed by atoms with Gasteiger partial charge in [-0.15, -0.1) is 0 Å². The first-order valence-electron chi connectivity index (χ1n) is 10.3. The largest absolute Gasteiger partial charge is 0.342 e. The molecule has 1 aliphatic carbocycles. The smallest absolute Gasteiger partial charge is 0.272 e. The van der Waals surface area contributed by atoms with E-state index in [2.05, 4.69) is 27.3 Å². The number of benzene rings is 1. The SMILES string of the molecule is C=C1C2=C(C=CCC2)C(C(=O)NCC(=O)Nc2nc3ccc(C)cc3s2)=NN1C.CC. The number of nitrogens with zero attached hydrogens (tertiary/aromatic N) is 3. The van der Waals surface area contributed by atoms with Crippen LogP contribution >= 0.6 is 11.3 Å². The first kappa shape index (κ1) is 22.4. The van der Waals surface area contributed by atoms with Crippen LogP contribution in [0.2, 0.25) is 0 Å². The van der Waals surface area contributed by atoms with Crippen molar-refractivity contribution in [2.75, 3.05) is 18.9 Å². The molecule has 2 aromatic rings. The Kier molecular flexibility index (Phi) is 7.02. The lowest BCUT2D eigenvalue weighted by Gasteiger charge is -2.29. The summed E-state index contributed by atoms with van der Waals surface area (Å²) >= 11 is 1.41. The first-order chi connectivity index (χ1) is 14.9. The molecule has 1 aliphatic heterocycles. The lowest BCUT2D eigenvalue weighted by molar-refractivity contribution is -0.120. The molecule has 2 N–H and O–H groups in total. The standard InChI is InChI=1S/C21H21N5O2S.C2H6/c1-12-8-9-16-17(10-12)29-21(23-16)24-18(27)11-22-20(28)19-15-7-5-4-6-14(15)13(2)26(3)25-19;1-2/h5,7-10H,2,4,6,11H2,1,3H3,(H,22,28)(H,23,24,27);1-2H3. The molecule has 0 spiro atoms. The number of aryl methyl sites for hydroxylation is 1. The van der Waals surface area contributed by atoms with Crippen LogP contribution in [0, 0.1) is 6.92 Å². The number of rotatable bonds is 4. The van der Waals surface area contributed by atoms with Crippen LogP contribution in [0.3, 0.4) is 0 Å². The number of anilines is 1. The van der Waals surface area contributed by atoms with Gasteiger partial charge in [0.25, 0.3) is 5.91 Å². The van der Waals surface area contributed by atoms with Gasteiger partial charge >= 0.3 is 0 Å². The predicted octanol–water partition coefficient (Wildman–Crippen LogP) is 4.15. The molecule has 4 rings (SSSR count). The first-order valence-corrected chi connectivity index (χ1v) is 11.1. The molecule has 0 fully saturated rings. The Morgan fingerprint density at radius 2 is 2.06 bits per heavy atom. The van der Waals surface area contributed by atoms with Gasteiger partial charge in [-0.25, -0.2) is 4.98 Å². The molecule has 2 aliphatic rings. The second-order valence-corrected chi connectivity index (χ2v) is 8.00. The number of allylic oxidation sites excluding steroid dienone is 3. The molecule has 0 radical (unpaired) electrons. The second-order valence-electron chi connectivity index (χ2n) is 6.97. The number of nitrogens with one attached hydrogen (secondary N) is 2. The molecule has 1 aromatic heterocycles. The fraction of sp³-hybridized carbons (Fsp3) is 0.304. The van der Waals surface area contributed by atoms with Gasteiger partial charge in [0.05, 0.1) is 22.5 Å². The summed E-state index contributed by atoms with van der Waals surface area (Å²) in [4.78, 5) is 29.4. The maximum absolute atomic E-state index is 12.7. The third-order valence-electron chi connectivity index (χ3n) is 4.83. The van der Waals surface area contributed by atoms with Crippen molar-refractivity contribution in [3.8, 4) is 0 Å². The molecule has 31 heavy (non-hydrogen) atoms. The molecule has 0 saturated carbocycles. The van der Waals surface area contributed by atoms with Crippen LogP contribution in [0.15, 0.2) is 58.9 Å². The van der Waals surface area contributed by atoms with E-state index in [4.69, 9.17) is 0 Å². The number of hydrogen-bond acceptors (Lipinski definition) is 6. The Labute approximate surface area is 186 Å². The van der Waals surface area contributed by atoms with Crippen molar-refractivity contribution >= 4 is 44.2 Å². The van der Waals surface area contributed by atoms with Gasteiger partial charge in [-0.3, -0.25) is 14.6 Å². The summed E-state index contributed by atoms with van der Waals surface area (Å²) in [6.45, 7) is 9.89. The summed E-state index contributed by atoms with van der Waals surface area (Å²) in [5, 5.41) is 11.9. The van der Waals surface area contributed by atoms with Gasteiger partial charge in [-0.05, 0) is 43.0 Å². The average Bonchev–Trinajstić information content (AvgIpc) is 3.17. The Morgan fingerprint density at radius 1 is 1.29 bits per heavy atom. The monoisotopic (exact) mass is 437 g/mol. The van der Waals surface area contributed by atoms with E-state index in [1.165, 1.54) is 11.3 Å². The summed E-state index contributed by atoms with van der Waals surface area (Å²) in [5.41, 5.74) is 4.86. The van der Waals surface area contributed by atoms with Gasteiger partial charge in [-0.1, -0.05) is 50.0 Å². The molecular weight excluding hydrogens is 410 g/mol. The number of hydrogen-bond donors (Lipinski definition) is 2. The van der Waals surface area contributed by atoms with Gasteiger partial charge in [0, 0.05) is 12.6 Å². The molecule has 0 unspecified atom stereocenters. The maximum atomic E-state index is 12.7. The van der Waals surface area contributed by atoms with E-state index < -0.39 is 5.91 Å². The van der Waals surface area contributed by atoms with E-state index in [-0.39, 0.29) is 12.5 Å². The topological polar surface area (TPSA) is 86.7 Å². The van der Waals surface area contributed by atoms with Crippen LogP contribution in [0.4, 0.5) is 5.13 Å². The Balaban J connectivity index is 0.00000132. The summed E-state index contributed by atoms with van der Waals surface area (Å²) in [7, 11) is 1.76. The second kappa shape index (κ2) is 9.70. The van der Waals surface area contributed by atoms with E-state index >= 15 is 0 Å². The highest BCUT2D eigenvalue weighted by Crippen LogP contribution is 2.31. The number of amides is 2. The average molecular weight is 438 g/mol. The molecule has 8 heteroatoms. The molecule has 0 atom stereocenters. The summed E-state index contributed by atoms with van der Waals surface area (Å²) in [5.74, 6) is -0.727. The van der Waals surface area contributed by atoms with Gasteiger partial charge in [-0.2, -0.15) is 5.10 Å². The summed E-state index contributed by atoms with van der Waals surface area (Å²) in [6, 6.07) is 5.93. The third kappa shape index (κ3) is 4.91. The van der Waals surface area contributed by atoms with Gasteiger partial charge in [0.2, 0.25) is 5.91 Å². The van der Waals surface area contributed by atoms with Crippen LogP contribution in [-0.4, -0.2) is 41.1 Å². The predicted molar refractivity (Wildman–Crippen MR) is 127 cm³/mol. The van der Waals surface area contributed by atoms with Gasteiger partial charge in [0.15, 0.2) is 10.8 Å². The van der Waals surface area contributed by atoms with Crippen molar-refractivity contribution < 1.29 is 9.59 Å². The minimum Gasteiger partial charge on any atom is -0.342 e. The number of carbonyl (C=O) groups excluding carboxylic acids is 2. The number of carbonyl (C=O) groups is 2. The number of fused-ring (bicyclic) bond motifs is 1. The van der Waals surface area contributed by atoms with E-state index in [0.717, 1.165) is 45.5 Å². The number of thiazole rings is 1. The van der Waals surface area contributed by atoms with Gasteiger partial charge in [0.1, 0.15) is 0 Å². The van der Waals surface area contributed by atoms with Crippen molar-refractivity contribution in [2.24, 2.45) is 5.10 Å². The van der Waals surface area contributed by atoms with Crippen molar-refractivity contribution in [2.45, 2.75) is 33.6 Å². The number of likely N-dealkylation sites (N-methyl/N-ethyl adjacent to an activating group) is 1. The quantitative estimate of drug-likeness (QED) is 0.752. The zero-order valence-electron chi connectivity index (χ0n) is 18.3. The highest BCUT2D eigenvalue weighted by Gasteiger charge is 2.27. The van der Waals surface area contributed by atoms with E-state index in [1.54, 1.807) is 12.1 Å². The van der Waals surface area contributed by atoms with Crippen LogP contribution in [0.1, 0.15) is 32.3 Å². The normalized spacial score (nSPS) is 15.2. The van der Waals surface area contributed by atoms with E-state index in [9.17, 15) is 9.59 Å². The lowest BCUT2D eigenvalue weighted by Crippen LogP contribution is -2.40. The lowest BCUT2D eigenvalue weighted by atomic mass is 9.91. The fourth-order valence-electron chi connectivity index (χ4n) is 3.31. The van der Waals surface area contributed by atoms with Crippen LogP contribution < -0.4 is 10.6 Å². The maximum Gasteiger partial charge on any atom is 0.272 e. The zero-order valence-corrected chi connectivity index (χ0v) is 19.1. The highest BCUT2D eigenvalue weighted by molar-refractivity contribution is 7.22. The Morgan fingerprint density at radius 3 is 2.84 bits per heavy atom. The molecule has 162 valence electrons. The molecular formula is C23H27N5O2S. The Hall–Kier alpha value is -3.26. The molecule has 2 heterocycles. The van der Waals surface area contributed by atoms with Crippen molar-refractivity contribution in [1.82, 2.24) is 15.3 Å². The van der Waals surface area contributed by atoms with Gasteiger partial charge < -0.3 is 10.6 Å². The summed E-state index contributed by atoms with van der Waals surface area (Å²) in [6.07, 6.45) is 5.64. The molecule has 1 aromatic carbocycles. The van der Waals surface area contributed by atoms with Crippen molar-refractivity contribution in [3.05, 3.63) is 59.3 Å². The van der Waals surface area contributed by atoms with Crippen LogP contribution in [0.25, 0.3) is 10.2 Å². The van der Waals surface area contributed by atoms with E-state index in [0.29, 0.717) is 10.8 Å². The van der Waals surface area contributed by atoms with Crippen LogP contribution in [0.5, 0.6) is 0 Å². The minimum absolute atomic E-state index is 0.163.